The van der Waals surface area contributed by atoms with Crippen LogP contribution in [0.1, 0.15) is 143 Å². The first-order chi connectivity index (χ1) is 12.7. The minimum Gasteiger partial charge on any atom is -0.374 e. The van der Waals surface area contributed by atoms with Crippen LogP contribution in [0.5, 0.6) is 0 Å². The Morgan fingerprint density at radius 1 is 0.577 bits per heavy atom. The van der Waals surface area contributed by atoms with Crippen molar-refractivity contribution < 1.29 is 4.74 Å². The first kappa shape index (κ1) is 24.0. The minimum atomic E-state index is 0.192. The van der Waals surface area contributed by atoms with Gasteiger partial charge in [-0.05, 0) is 43.9 Å². The molecule has 1 aliphatic heterocycles. The zero-order valence-corrected chi connectivity index (χ0v) is 18.8. The Bertz CT molecular complexity index is 270. The molecular formula is C25H50O. The average molecular weight is 367 g/mol. The van der Waals surface area contributed by atoms with Gasteiger partial charge >= 0.3 is 0 Å². The van der Waals surface area contributed by atoms with Crippen LogP contribution in [0.4, 0.5) is 0 Å². The third-order valence-electron chi connectivity index (χ3n) is 7.03. The van der Waals surface area contributed by atoms with Crippen molar-refractivity contribution in [3.05, 3.63) is 0 Å². The van der Waals surface area contributed by atoms with Crippen LogP contribution in [0.3, 0.4) is 0 Å². The van der Waals surface area contributed by atoms with E-state index in [0.717, 1.165) is 6.61 Å². The summed E-state index contributed by atoms with van der Waals surface area (Å²) in [6, 6.07) is 0. The molecule has 0 N–H and O–H groups in total. The fourth-order valence-corrected chi connectivity index (χ4v) is 5.44. The van der Waals surface area contributed by atoms with E-state index in [9.17, 15) is 0 Å². The van der Waals surface area contributed by atoms with Crippen LogP contribution in [-0.4, -0.2) is 12.2 Å². The number of rotatable bonds is 16. The van der Waals surface area contributed by atoms with E-state index in [1.165, 1.54) is 116 Å². The molecule has 0 unspecified atom stereocenters. The van der Waals surface area contributed by atoms with Crippen LogP contribution in [-0.2, 0) is 4.74 Å². The average Bonchev–Trinajstić information content (AvgIpc) is 2.65. The van der Waals surface area contributed by atoms with Gasteiger partial charge in [0.1, 0.15) is 0 Å². The molecule has 1 aliphatic rings. The summed E-state index contributed by atoms with van der Waals surface area (Å²) < 4.78 is 6.84. The summed E-state index contributed by atoms with van der Waals surface area (Å²) in [5.74, 6) is 0. The van der Waals surface area contributed by atoms with Crippen LogP contribution in [0, 0.1) is 5.41 Å². The highest BCUT2D eigenvalue weighted by molar-refractivity contribution is 5.02. The van der Waals surface area contributed by atoms with Crippen LogP contribution in [0.25, 0.3) is 0 Å². The van der Waals surface area contributed by atoms with Crippen molar-refractivity contribution in [3.63, 3.8) is 0 Å². The first-order valence-corrected chi connectivity index (χ1v) is 12.3. The van der Waals surface area contributed by atoms with Gasteiger partial charge in [-0.1, -0.05) is 105 Å². The molecule has 1 nitrogen and oxygen atoms in total. The second kappa shape index (κ2) is 14.0. The molecule has 0 bridgehead atoms. The molecule has 0 spiro atoms. The Morgan fingerprint density at radius 3 is 1.42 bits per heavy atom. The maximum absolute atomic E-state index is 6.84. The quantitative estimate of drug-likeness (QED) is 0.248. The molecule has 1 rings (SSSR count). The van der Waals surface area contributed by atoms with Gasteiger partial charge in [-0.2, -0.15) is 0 Å². The fraction of sp³-hybridized carbons (Fsp3) is 1.00. The van der Waals surface area contributed by atoms with Crippen molar-refractivity contribution in [2.75, 3.05) is 6.61 Å². The van der Waals surface area contributed by atoms with Gasteiger partial charge < -0.3 is 4.74 Å². The summed E-state index contributed by atoms with van der Waals surface area (Å²) in [6.45, 7) is 10.4. The van der Waals surface area contributed by atoms with Crippen molar-refractivity contribution >= 4 is 0 Å². The molecular weight excluding hydrogens is 316 g/mol. The molecule has 1 heterocycles. The lowest BCUT2D eigenvalue weighted by atomic mass is 9.58. The molecule has 1 heteroatoms. The Balaban J connectivity index is 3.01. The van der Waals surface area contributed by atoms with Crippen molar-refractivity contribution in [3.8, 4) is 0 Å². The fourth-order valence-electron chi connectivity index (χ4n) is 5.44. The van der Waals surface area contributed by atoms with Crippen molar-refractivity contribution in [2.24, 2.45) is 5.41 Å². The highest BCUT2D eigenvalue weighted by Crippen LogP contribution is 2.54. The van der Waals surface area contributed by atoms with Gasteiger partial charge in [-0.25, -0.2) is 0 Å². The van der Waals surface area contributed by atoms with Gasteiger partial charge in [0.15, 0.2) is 0 Å². The van der Waals surface area contributed by atoms with E-state index < -0.39 is 0 Å². The molecule has 0 amide bonds. The van der Waals surface area contributed by atoms with Gasteiger partial charge in [0.2, 0.25) is 0 Å². The Labute approximate surface area is 166 Å². The predicted octanol–water partition coefficient (Wildman–Crippen LogP) is 8.84. The monoisotopic (exact) mass is 366 g/mol. The molecule has 0 atom stereocenters. The van der Waals surface area contributed by atoms with Gasteiger partial charge in [0, 0.05) is 6.61 Å². The molecule has 1 saturated heterocycles. The van der Waals surface area contributed by atoms with Gasteiger partial charge in [0.05, 0.1) is 5.60 Å². The van der Waals surface area contributed by atoms with Crippen LogP contribution in [0.2, 0.25) is 0 Å². The van der Waals surface area contributed by atoms with Gasteiger partial charge in [0.25, 0.3) is 0 Å². The highest BCUT2D eigenvalue weighted by atomic mass is 16.5. The van der Waals surface area contributed by atoms with E-state index in [-0.39, 0.29) is 5.60 Å². The summed E-state index contributed by atoms with van der Waals surface area (Å²) >= 11 is 0. The maximum Gasteiger partial charge on any atom is 0.0738 e. The Kier molecular flexibility index (Phi) is 12.9. The van der Waals surface area contributed by atoms with Crippen molar-refractivity contribution in [2.45, 2.75) is 149 Å². The smallest absolute Gasteiger partial charge is 0.0738 e. The lowest BCUT2D eigenvalue weighted by Gasteiger charge is -2.55. The van der Waals surface area contributed by atoms with E-state index in [2.05, 4.69) is 27.7 Å². The summed E-state index contributed by atoms with van der Waals surface area (Å²) in [4.78, 5) is 0. The molecule has 0 radical (unpaired) electrons. The number of hydrogen-bond donors (Lipinski definition) is 0. The van der Waals surface area contributed by atoms with Crippen LogP contribution >= 0.6 is 0 Å². The summed E-state index contributed by atoms with van der Waals surface area (Å²) in [5, 5.41) is 0. The van der Waals surface area contributed by atoms with E-state index in [0.29, 0.717) is 5.41 Å². The van der Waals surface area contributed by atoms with Gasteiger partial charge in [-0.3, -0.25) is 0 Å². The minimum absolute atomic E-state index is 0.192. The molecule has 0 aromatic carbocycles. The maximum atomic E-state index is 6.84. The lowest BCUT2D eigenvalue weighted by molar-refractivity contribution is -0.189. The standard InChI is InChI=1S/C25H50O/c1-5-9-13-18-24(19-14-10-6-2)20-17-23-26-25(24,21-15-11-7-3)22-16-12-8-4/h5-23H2,1-4H3. The Hall–Kier alpha value is -0.0400. The lowest BCUT2D eigenvalue weighted by Crippen LogP contribution is -2.53. The summed E-state index contributed by atoms with van der Waals surface area (Å²) in [6.07, 6.45) is 24.6. The molecule has 0 saturated carbocycles. The van der Waals surface area contributed by atoms with Crippen LogP contribution < -0.4 is 0 Å². The van der Waals surface area contributed by atoms with Crippen LogP contribution in [0.15, 0.2) is 0 Å². The molecule has 26 heavy (non-hydrogen) atoms. The second-order valence-electron chi connectivity index (χ2n) is 9.06. The topological polar surface area (TPSA) is 9.23 Å². The molecule has 0 aliphatic carbocycles. The summed E-state index contributed by atoms with van der Waals surface area (Å²) in [7, 11) is 0. The second-order valence-corrected chi connectivity index (χ2v) is 9.06. The SMILES string of the molecule is CCCCCC1(CCCCC)CCCOC1(CCCCC)CCCCC. The number of hydrogen-bond acceptors (Lipinski definition) is 1. The molecule has 156 valence electrons. The van der Waals surface area contributed by atoms with Gasteiger partial charge in [-0.15, -0.1) is 0 Å². The Morgan fingerprint density at radius 2 is 1.00 bits per heavy atom. The molecule has 0 aromatic heterocycles. The zero-order chi connectivity index (χ0) is 19.1. The van der Waals surface area contributed by atoms with E-state index in [1.54, 1.807) is 0 Å². The molecule has 1 fully saturated rings. The highest BCUT2D eigenvalue weighted by Gasteiger charge is 2.51. The first-order valence-electron chi connectivity index (χ1n) is 12.3. The van der Waals surface area contributed by atoms with Crippen molar-refractivity contribution in [1.82, 2.24) is 0 Å². The van der Waals surface area contributed by atoms with E-state index in [1.807, 2.05) is 0 Å². The van der Waals surface area contributed by atoms with Crippen molar-refractivity contribution in [1.29, 1.82) is 0 Å². The van der Waals surface area contributed by atoms with E-state index >= 15 is 0 Å². The summed E-state index contributed by atoms with van der Waals surface area (Å²) in [5.41, 5.74) is 0.661. The number of unbranched alkanes of at least 4 members (excludes halogenated alkanes) is 8. The third kappa shape index (κ3) is 7.17. The largest absolute Gasteiger partial charge is 0.374 e. The number of ether oxygens (including phenoxy) is 1. The third-order valence-corrected chi connectivity index (χ3v) is 7.03. The predicted molar refractivity (Wildman–Crippen MR) is 117 cm³/mol. The normalized spacial score (nSPS) is 18.9. The van der Waals surface area contributed by atoms with E-state index in [4.69, 9.17) is 4.74 Å². The molecule has 0 aromatic rings. The zero-order valence-electron chi connectivity index (χ0n) is 18.8.